The second-order valence-electron chi connectivity index (χ2n) is 6.53. The Bertz CT molecular complexity index is 1060. The molecule has 0 saturated heterocycles. The second kappa shape index (κ2) is 8.19. The maximum absolute atomic E-state index is 12.6. The Morgan fingerprint density at radius 3 is 2.57 bits per heavy atom. The number of thiazole rings is 1. The molecule has 0 spiro atoms. The summed E-state index contributed by atoms with van der Waals surface area (Å²) in [6.45, 7) is 1.91. The number of nitrogens with one attached hydrogen (secondary N) is 2. The van der Waals surface area contributed by atoms with Gasteiger partial charge in [-0.05, 0) is 18.1 Å². The summed E-state index contributed by atoms with van der Waals surface area (Å²) in [5.74, 6) is 0.521. The number of rotatable bonds is 6. The van der Waals surface area contributed by atoms with Crippen LogP contribution in [0.15, 0.2) is 72.2 Å². The molecule has 0 aliphatic carbocycles. The van der Waals surface area contributed by atoms with Crippen molar-refractivity contribution >= 4 is 17.2 Å². The lowest BCUT2D eigenvalue weighted by Crippen LogP contribution is -2.27. The fourth-order valence-electron chi connectivity index (χ4n) is 2.93. The summed E-state index contributed by atoms with van der Waals surface area (Å²) < 4.78 is 0. The van der Waals surface area contributed by atoms with Crippen molar-refractivity contribution in [2.45, 2.75) is 19.4 Å². The van der Waals surface area contributed by atoms with E-state index in [9.17, 15) is 4.79 Å². The number of hydrogen-bond donors (Lipinski definition) is 2. The summed E-state index contributed by atoms with van der Waals surface area (Å²) in [4.78, 5) is 24.7. The Balaban J connectivity index is 1.40. The summed E-state index contributed by atoms with van der Waals surface area (Å²) >= 11 is 1.50. The average molecular weight is 388 g/mol. The van der Waals surface area contributed by atoms with Crippen LogP contribution in [-0.2, 0) is 6.42 Å². The van der Waals surface area contributed by atoms with Crippen molar-refractivity contribution in [2.24, 2.45) is 0 Å². The molecule has 1 atom stereocenters. The van der Waals surface area contributed by atoms with Crippen LogP contribution in [0.2, 0.25) is 0 Å². The van der Waals surface area contributed by atoms with Gasteiger partial charge in [-0.25, -0.2) is 9.97 Å². The zero-order valence-corrected chi connectivity index (χ0v) is 16.2. The Morgan fingerprint density at radius 2 is 1.82 bits per heavy atom. The zero-order chi connectivity index (χ0) is 19.3. The van der Waals surface area contributed by atoms with Gasteiger partial charge in [0, 0.05) is 11.8 Å². The Kier molecular flexibility index (Phi) is 5.30. The van der Waals surface area contributed by atoms with Crippen LogP contribution in [0.1, 0.15) is 39.8 Å². The largest absolute Gasteiger partial charge is 0.341 e. The number of carbonyl (C=O) groups excluding carboxylic acids is 1. The molecule has 0 saturated carbocycles. The van der Waals surface area contributed by atoms with E-state index < -0.39 is 0 Å². The van der Waals surface area contributed by atoms with E-state index in [0.717, 1.165) is 22.7 Å². The number of amides is 1. The summed E-state index contributed by atoms with van der Waals surface area (Å²) in [5.41, 5.74) is 3.61. The number of carbonyl (C=O) groups is 1. The van der Waals surface area contributed by atoms with E-state index in [1.807, 2.05) is 55.5 Å². The highest BCUT2D eigenvalue weighted by Crippen LogP contribution is 2.20. The molecular formula is C22H20N4OS. The van der Waals surface area contributed by atoms with Gasteiger partial charge in [-0.15, -0.1) is 11.3 Å². The molecule has 2 aromatic carbocycles. The number of hydrogen-bond acceptors (Lipinski definition) is 4. The topological polar surface area (TPSA) is 70.7 Å². The summed E-state index contributed by atoms with van der Waals surface area (Å²) in [6, 6.07) is 19.9. The quantitative estimate of drug-likeness (QED) is 0.506. The minimum Gasteiger partial charge on any atom is -0.341 e. The molecule has 0 aliphatic rings. The van der Waals surface area contributed by atoms with Crippen molar-refractivity contribution in [1.29, 1.82) is 0 Å². The molecule has 140 valence electrons. The van der Waals surface area contributed by atoms with Gasteiger partial charge < -0.3 is 10.3 Å². The maximum Gasteiger partial charge on any atom is 0.271 e. The molecule has 1 unspecified atom stereocenters. The van der Waals surface area contributed by atoms with Crippen LogP contribution in [0, 0.1) is 0 Å². The van der Waals surface area contributed by atoms with Crippen molar-refractivity contribution in [3.8, 4) is 11.3 Å². The molecule has 0 bridgehead atoms. The number of benzene rings is 2. The SMILES string of the molecule is CC(NC(=O)c1csc(Cc2ccccc2)n1)c1ncc(-c2ccccc2)[nH]1. The van der Waals surface area contributed by atoms with E-state index >= 15 is 0 Å². The van der Waals surface area contributed by atoms with E-state index in [1.165, 1.54) is 16.9 Å². The van der Waals surface area contributed by atoms with E-state index in [1.54, 1.807) is 11.6 Å². The molecule has 4 rings (SSSR count). The third-order valence-corrected chi connectivity index (χ3v) is 5.27. The molecule has 2 heterocycles. The predicted molar refractivity (Wildman–Crippen MR) is 111 cm³/mol. The normalized spacial score (nSPS) is 11.9. The van der Waals surface area contributed by atoms with Gasteiger partial charge in [0.25, 0.3) is 5.91 Å². The molecule has 0 radical (unpaired) electrons. The van der Waals surface area contributed by atoms with Gasteiger partial charge in [-0.3, -0.25) is 4.79 Å². The number of nitrogens with zero attached hydrogens (tertiary/aromatic N) is 2. The standard InChI is InChI=1S/C22H20N4OS/c1-15(21-23-13-18(26-21)17-10-6-3-7-11-17)24-22(27)19-14-28-20(25-19)12-16-8-4-2-5-9-16/h2-11,13-15H,12H2,1H3,(H,23,26)(H,24,27). The van der Waals surface area contributed by atoms with Gasteiger partial charge in [0.1, 0.15) is 11.5 Å². The average Bonchev–Trinajstić information content (AvgIpc) is 3.39. The fourth-order valence-corrected chi connectivity index (χ4v) is 3.74. The van der Waals surface area contributed by atoms with Crippen molar-refractivity contribution in [3.05, 3.63) is 94.3 Å². The van der Waals surface area contributed by atoms with Gasteiger partial charge in [0.15, 0.2) is 0 Å². The van der Waals surface area contributed by atoms with E-state index in [4.69, 9.17) is 0 Å². The first-order valence-corrected chi connectivity index (χ1v) is 9.96. The Hall–Kier alpha value is -3.25. The third-order valence-electron chi connectivity index (χ3n) is 4.42. The van der Waals surface area contributed by atoms with Gasteiger partial charge in [0.05, 0.1) is 22.9 Å². The zero-order valence-electron chi connectivity index (χ0n) is 15.4. The van der Waals surface area contributed by atoms with Crippen molar-refractivity contribution in [1.82, 2.24) is 20.3 Å². The number of H-pyrrole nitrogens is 1. The van der Waals surface area contributed by atoms with Crippen LogP contribution in [-0.4, -0.2) is 20.9 Å². The second-order valence-corrected chi connectivity index (χ2v) is 7.47. The van der Waals surface area contributed by atoms with Crippen LogP contribution >= 0.6 is 11.3 Å². The fraction of sp³-hybridized carbons (Fsp3) is 0.136. The number of aromatic amines is 1. The first-order valence-electron chi connectivity index (χ1n) is 9.08. The third kappa shape index (κ3) is 4.18. The summed E-state index contributed by atoms with van der Waals surface area (Å²) in [7, 11) is 0. The van der Waals surface area contributed by atoms with Crippen molar-refractivity contribution < 1.29 is 4.79 Å². The van der Waals surface area contributed by atoms with E-state index in [0.29, 0.717) is 11.5 Å². The van der Waals surface area contributed by atoms with Gasteiger partial charge >= 0.3 is 0 Å². The van der Waals surface area contributed by atoms with Crippen LogP contribution in [0.4, 0.5) is 0 Å². The molecular weight excluding hydrogens is 368 g/mol. The molecule has 28 heavy (non-hydrogen) atoms. The maximum atomic E-state index is 12.6. The first-order chi connectivity index (χ1) is 13.7. The summed E-state index contributed by atoms with van der Waals surface area (Å²) in [5, 5.41) is 5.69. The predicted octanol–water partition coefficient (Wildman–Crippen LogP) is 4.62. The molecule has 5 nitrogen and oxygen atoms in total. The lowest BCUT2D eigenvalue weighted by Gasteiger charge is -2.10. The van der Waals surface area contributed by atoms with Crippen molar-refractivity contribution in [2.75, 3.05) is 0 Å². The monoisotopic (exact) mass is 388 g/mol. The molecule has 4 aromatic rings. The highest BCUT2D eigenvalue weighted by Gasteiger charge is 2.17. The van der Waals surface area contributed by atoms with Crippen LogP contribution in [0.25, 0.3) is 11.3 Å². The van der Waals surface area contributed by atoms with Crippen LogP contribution in [0.3, 0.4) is 0 Å². The van der Waals surface area contributed by atoms with E-state index in [2.05, 4.69) is 32.4 Å². The Labute approximate surface area is 167 Å². The molecule has 0 aliphatic heterocycles. The minimum atomic E-state index is -0.246. The molecule has 1 amide bonds. The van der Waals surface area contributed by atoms with Gasteiger partial charge in [-0.1, -0.05) is 60.7 Å². The van der Waals surface area contributed by atoms with Crippen LogP contribution in [0.5, 0.6) is 0 Å². The number of aromatic nitrogens is 3. The van der Waals surface area contributed by atoms with E-state index in [-0.39, 0.29) is 11.9 Å². The Morgan fingerprint density at radius 1 is 1.11 bits per heavy atom. The van der Waals surface area contributed by atoms with Gasteiger partial charge in [0.2, 0.25) is 0 Å². The minimum absolute atomic E-state index is 0.194. The van der Waals surface area contributed by atoms with Crippen LogP contribution < -0.4 is 5.32 Å². The highest BCUT2D eigenvalue weighted by molar-refractivity contribution is 7.09. The smallest absolute Gasteiger partial charge is 0.271 e. The molecule has 6 heteroatoms. The summed E-state index contributed by atoms with van der Waals surface area (Å²) in [6.07, 6.45) is 2.51. The molecule has 2 N–H and O–H groups in total. The lowest BCUT2D eigenvalue weighted by atomic mass is 10.2. The lowest BCUT2D eigenvalue weighted by molar-refractivity contribution is 0.0934. The van der Waals surface area contributed by atoms with Crippen molar-refractivity contribution in [3.63, 3.8) is 0 Å². The van der Waals surface area contributed by atoms with Gasteiger partial charge in [-0.2, -0.15) is 0 Å². The first kappa shape index (κ1) is 18.1. The number of imidazole rings is 1. The molecule has 0 fully saturated rings. The highest BCUT2D eigenvalue weighted by atomic mass is 32.1. The molecule has 2 aromatic heterocycles.